The highest BCUT2D eigenvalue weighted by molar-refractivity contribution is 7.99. The van der Waals surface area contributed by atoms with Gasteiger partial charge in [0.1, 0.15) is 19.8 Å². The molecular weight excluding hydrogens is 448 g/mol. The van der Waals surface area contributed by atoms with Crippen LogP contribution >= 0.6 is 23.1 Å². The van der Waals surface area contributed by atoms with Crippen LogP contribution in [0, 0.1) is 0 Å². The standard InChI is InChI=1S/C23H24N2O5S2/c1-3-28-22(27)14-25-17-12-18-19(30-10-9-29-18)13-20(17)32-23(25)24-21(26)11-15-5-7-16(8-6-15)31-4-2/h5-8,12-13H,3-4,9-11,14H2,1-2H3. The Kier molecular flexibility index (Phi) is 7.16. The zero-order valence-corrected chi connectivity index (χ0v) is 19.6. The van der Waals surface area contributed by atoms with E-state index in [0.29, 0.717) is 29.5 Å². The fourth-order valence-corrected chi connectivity index (χ4v) is 5.09. The van der Waals surface area contributed by atoms with E-state index in [2.05, 4.69) is 11.9 Å². The number of amides is 1. The van der Waals surface area contributed by atoms with E-state index in [4.69, 9.17) is 14.2 Å². The van der Waals surface area contributed by atoms with Crippen LogP contribution in [0.3, 0.4) is 0 Å². The Morgan fingerprint density at radius 3 is 2.53 bits per heavy atom. The van der Waals surface area contributed by atoms with Crippen LogP contribution in [0.4, 0.5) is 0 Å². The highest BCUT2D eigenvalue weighted by Crippen LogP contribution is 2.35. The first-order valence-corrected chi connectivity index (χ1v) is 12.3. The Morgan fingerprint density at radius 2 is 1.84 bits per heavy atom. The third-order valence-corrected chi connectivity index (χ3v) is 6.68. The van der Waals surface area contributed by atoms with Crippen molar-refractivity contribution in [1.82, 2.24) is 4.57 Å². The molecule has 32 heavy (non-hydrogen) atoms. The molecule has 2 aromatic carbocycles. The number of thioether (sulfide) groups is 1. The summed E-state index contributed by atoms with van der Waals surface area (Å²) in [6, 6.07) is 11.6. The zero-order valence-electron chi connectivity index (χ0n) is 18.0. The van der Waals surface area contributed by atoms with Crippen LogP contribution < -0.4 is 14.3 Å². The lowest BCUT2D eigenvalue weighted by atomic mass is 10.1. The average Bonchev–Trinajstić information content (AvgIpc) is 3.09. The van der Waals surface area contributed by atoms with E-state index in [1.807, 2.05) is 36.4 Å². The molecule has 0 unspecified atom stereocenters. The van der Waals surface area contributed by atoms with E-state index in [1.165, 1.54) is 16.2 Å². The number of ether oxygens (including phenoxy) is 3. The maximum Gasteiger partial charge on any atom is 0.326 e. The topological polar surface area (TPSA) is 79.1 Å². The van der Waals surface area contributed by atoms with Crippen molar-refractivity contribution in [2.24, 2.45) is 4.99 Å². The van der Waals surface area contributed by atoms with Crippen molar-refractivity contribution in [3.05, 3.63) is 46.8 Å². The lowest BCUT2D eigenvalue weighted by molar-refractivity contribution is -0.143. The number of carbonyl (C=O) groups is 2. The summed E-state index contributed by atoms with van der Waals surface area (Å²) in [5.41, 5.74) is 1.65. The molecule has 1 aliphatic heterocycles. The third kappa shape index (κ3) is 5.16. The minimum Gasteiger partial charge on any atom is -0.486 e. The van der Waals surface area contributed by atoms with E-state index in [9.17, 15) is 9.59 Å². The van der Waals surface area contributed by atoms with Gasteiger partial charge in [0.2, 0.25) is 0 Å². The van der Waals surface area contributed by atoms with E-state index >= 15 is 0 Å². The van der Waals surface area contributed by atoms with Gasteiger partial charge in [0.15, 0.2) is 16.3 Å². The van der Waals surface area contributed by atoms with Gasteiger partial charge in [0.05, 0.1) is 23.2 Å². The molecule has 4 rings (SSSR count). The summed E-state index contributed by atoms with van der Waals surface area (Å²) in [5, 5.41) is 0. The first kappa shape index (κ1) is 22.4. The van der Waals surface area contributed by atoms with Gasteiger partial charge in [-0.25, -0.2) is 0 Å². The summed E-state index contributed by atoms with van der Waals surface area (Å²) < 4.78 is 19.0. The second-order valence-corrected chi connectivity index (χ2v) is 9.35. The van der Waals surface area contributed by atoms with E-state index < -0.39 is 0 Å². The Balaban J connectivity index is 1.68. The second-order valence-electron chi connectivity index (χ2n) is 7.00. The molecule has 0 bridgehead atoms. The Hall–Kier alpha value is -2.78. The summed E-state index contributed by atoms with van der Waals surface area (Å²) in [4.78, 5) is 30.9. The number of thiazole rings is 1. The van der Waals surface area contributed by atoms with Crippen LogP contribution in [0.25, 0.3) is 10.2 Å². The predicted octanol–water partition coefficient (Wildman–Crippen LogP) is 3.82. The van der Waals surface area contributed by atoms with Gasteiger partial charge >= 0.3 is 5.97 Å². The number of carbonyl (C=O) groups excluding carboxylic acids is 2. The minimum atomic E-state index is -0.389. The summed E-state index contributed by atoms with van der Waals surface area (Å²) >= 11 is 3.09. The van der Waals surface area contributed by atoms with Gasteiger partial charge in [0.25, 0.3) is 5.91 Å². The van der Waals surface area contributed by atoms with Gasteiger partial charge in [0, 0.05) is 17.0 Å². The molecule has 1 aliphatic rings. The number of nitrogens with zero attached hydrogens (tertiary/aromatic N) is 2. The number of benzene rings is 2. The van der Waals surface area contributed by atoms with Crippen molar-refractivity contribution in [1.29, 1.82) is 0 Å². The maximum atomic E-state index is 12.7. The molecule has 168 valence electrons. The molecular formula is C23H24N2O5S2. The van der Waals surface area contributed by atoms with Gasteiger partial charge in [-0.1, -0.05) is 30.4 Å². The normalized spacial score (nSPS) is 13.4. The average molecular weight is 473 g/mol. The number of hydrogen-bond donors (Lipinski definition) is 0. The molecule has 0 radical (unpaired) electrons. The molecule has 7 nitrogen and oxygen atoms in total. The fraction of sp³-hybridized carbons (Fsp3) is 0.348. The Morgan fingerprint density at radius 1 is 1.12 bits per heavy atom. The number of esters is 1. The molecule has 0 atom stereocenters. The number of fused-ring (bicyclic) bond motifs is 2. The molecule has 2 heterocycles. The lowest BCUT2D eigenvalue weighted by Gasteiger charge is -2.18. The van der Waals surface area contributed by atoms with Crippen molar-refractivity contribution in [2.75, 3.05) is 25.6 Å². The fourth-order valence-electron chi connectivity index (χ4n) is 3.37. The van der Waals surface area contributed by atoms with E-state index in [0.717, 1.165) is 21.5 Å². The van der Waals surface area contributed by atoms with Gasteiger partial charge in [-0.05, 0) is 30.4 Å². The smallest absolute Gasteiger partial charge is 0.326 e. The van der Waals surface area contributed by atoms with Crippen molar-refractivity contribution in [3.8, 4) is 11.5 Å². The number of hydrogen-bond acceptors (Lipinski definition) is 7. The highest BCUT2D eigenvalue weighted by atomic mass is 32.2. The largest absolute Gasteiger partial charge is 0.486 e. The van der Waals surface area contributed by atoms with Crippen LogP contribution in [-0.4, -0.2) is 42.0 Å². The van der Waals surface area contributed by atoms with E-state index in [1.54, 1.807) is 23.3 Å². The third-order valence-electron chi connectivity index (χ3n) is 4.75. The number of rotatable bonds is 7. The van der Waals surface area contributed by atoms with Gasteiger partial charge in [-0.2, -0.15) is 4.99 Å². The molecule has 1 amide bonds. The second kappa shape index (κ2) is 10.2. The number of aromatic nitrogens is 1. The molecule has 0 N–H and O–H groups in total. The van der Waals surface area contributed by atoms with Crippen molar-refractivity contribution in [2.45, 2.75) is 31.7 Å². The molecule has 0 saturated heterocycles. The van der Waals surface area contributed by atoms with Crippen molar-refractivity contribution >= 4 is 45.2 Å². The van der Waals surface area contributed by atoms with E-state index in [-0.39, 0.29) is 31.4 Å². The van der Waals surface area contributed by atoms with Gasteiger partial charge < -0.3 is 18.8 Å². The van der Waals surface area contributed by atoms with Gasteiger partial charge in [-0.15, -0.1) is 11.8 Å². The molecule has 0 fully saturated rings. The lowest BCUT2D eigenvalue weighted by Crippen LogP contribution is -2.23. The monoisotopic (exact) mass is 472 g/mol. The Bertz CT molecular complexity index is 1200. The molecule has 9 heteroatoms. The summed E-state index contributed by atoms with van der Waals surface area (Å²) in [6.45, 7) is 5.05. The van der Waals surface area contributed by atoms with Gasteiger partial charge in [-0.3, -0.25) is 9.59 Å². The molecule has 3 aromatic rings. The minimum absolute atomic E-state index is 0.0392. The zero-order chi connectivity index (χ0) is 22.5. The first-order chi connectivity index (χ1) is 15.6. The quantitative estimate of drug-likeness (QED) is 0.384. The molecule has 0 aliphatic carbocycles. The highest BCUT2D eigenvalue weighted by Gasteiger charge is 2.18. The van der Waals surface area contributed by atoms with Crippen molar-refractivity contribution < 1.29 is 23.8 Å². The first-order valence-electron chi connectivity index (χ1n) is 10.4. The summed E-state index contributed by atoms with van der Waals surface area (Å²) in [5.74, 6) is 1.60. The van der Waals surface area contributed by atoms with Crippen LogP contribution in [0.15, 0.2) is 46.3 Å². The summed E-state index contributed by atoms with van der Waals surface area (Å²) in [6.07, 6.45) is 0.188. The van der Waals surface area contributed by atoms with Crippen LogP contribution in [0.1, 0.15) is 19.4 Å². The van der Waals surface area contributed by atoms with Crippen LogP contribution in [0.5, 0.6) is 11.5 Å². The molecule has 0 spiro atoms. The summed E-state index contributed by atoms with van der Waals surface area (Å²) in [7, 11) is 0. The van der Waals surface area contributed by atoms with Crippen LogP contribution in [0.2, 0.25) is 0 Å². The maximum absolute atomic E-state index is 12.7. The van der Waals surface area contributed by atoms with Crippen molar-refractivity contribution in [3.63, 3.8) is 0 Å². The Labute approximate surface area is 194 Å². The predicted molar refractivity (Wildman–Crippen MR) is 125 cm³/mol. The molecule has 1 aromatic heterocycles. The molecule has 0 saturated carbocycles. The van der Waals surface area contributed by atoms with Crippen LogP contribution in [-0.2, 0) is 27.3 Å². The SMILES string of the molecule is CCOC(=O)Cn1c(=NC(=O)Cc2ccc(SCC)cc2)sc2cc3c(cc21)OCCO3.